The molecule has 0 spiro atoms. The fraction of sp³-hybridized carbons (Fsp3) is 0.429. The Morgan fingerprint density at radius 2 is 1.94 bits per heavy atom. The molecule has 2 fully saturated rings. The van der Waals surface area contributed by atoms with E-state index in [0.29, 0.717) is 18.7 Å². The van der Waals surface area contributed by atoms with Gasteiger partial charge in [0.15, 0.2) is 0 Å². The third-order valence-corrected chi connectivity index (χ3v) is 6.40. The lowest BCUT2D eigenvalue weighted by Gasteiger charge is -2.40. The molecule has 34 heavy (non-hydrogen) atoms. The normalized spacial score (nSPS) is 16.8. The molecule has 1 aliphatic heterocycles. The fourth-order valence-electron chi connectivity index (χ4n) is 3.70. The summed E-state index contributed by atoms with van der Waals surface area (Å²) in [5.41, 5.74) is -0.724. The van der Waals surface area contributed by atoms with Crippen molar-refractivity contribution in [2.45, 2.75) is 24.9 Å². The highest BCUT2D eigenvalue weighted by Gasteiger charge is 2.36. The number of rotatable bonds is 7. The number of carbonyl (C=O) groups is 1. The molecular weight excluding hydrogens is 502 g/mol. The summed E-state index contributed by atoms with van der Waals surface area (Å²) in [6, 6.07) is 3.28. The van der Waals surface area contributed by atoms with Crippen LogP contribution in [0.1, 0.15) is 40.2 Å². The second-order valence-corrected chi connectivity index (χ2v) is 10.6. The Balaban J connectivity index is 1.41. The summed E-state index contributed by atoms with van der Waals surface area (Å²) in [4.78, 5) is 17.7. The van der Waals surface area contributed by atoms with Crippen LogP contribution in [0.25, 0.3) is 0 Å². The SMILES string of the molecule is CS(=O)(=O)NC(=O)c1cc(C2CC2)c(OCC2CN(c3cc(C(F)(F)F)c(Cl)cn3)C2)cc1F. The Labute approximate surface area is 198 Å². The van der Waals surface area contributed by atoms with Crippen LogP contribution in [0.4, 0.5) is 23.4 Å². The molecule has 1 N–H and O–H groups in total. The molecule has 1 aromatic heterocycles. The molecule has 1 saturated heterocycles. The Morgan fingerprint density at radius 1 is 1.26 bits per heavy atom. The molecule has 1 saturated carbocycles. The van der Waals surface area contributed by atoms with E-state index < -0.39 is 38.5 Å². The van der Waals surface area contributed by atoms with E-state index in [1.54, 1.807) is 9.62 Å². The first-order valence-electron chi connectivity index (χ1n) is 10.3. The first kappa shape index (κ1) is 24.5. The number of halogens is 5. The molecule has 1 amide bonds. The van der Waals surface area contributed by atoms with Crippen molar-refractivity contribution in [2.75, 3.05) is 30.9 Å². The quantitative estimate of drug-likeness (QED) is 0.555. The second-order valence-electron chi connectivity index (χ2n) is 8.45. The molecule has 184 valence electrons. The summed E-state index contributed by atoms with van der Waals surface area (Å²) in [6.07, 6.45) is -1.16. The van der Waals surface area contributed by atoms with E-state index in [-0.39, 0.29) is 35.6 Å². The van der Waals surface area contributed by atoms with Gasteiger partial charge in [0.1, 0.15) is 17.4 Å². The molecule has 0 radical (unpaired) electrons. The van der Waals surface area contributed by atoms with Gasteiger partial charge < -0.3 is 9.64 Å². The third kappa shape index (κ3) is 5.54. The lowest BCUT2D eigenvalue weighted by molar-refractivity contribution is -0.137. The summed E-state index contributed by atoms with van der Waals surface area (Å²) in [7, 11) is -3.85. The topological polar surface area (TPSA) is 88.6 Å². The van der Waals surface area contributed by atoms with Crippen molar-refractivity contribution in [3.63, 3.8) is 0 Å². The first-order chi connectivity index (χ1) is 15.8. The molecule has 0 atom stereocenters. The molecule has 1 aromatic carbocycles. The van der Waals surface area contributed by atoms with Crippen molar-refractivity contribution in [1.29, 1.82) is 0 Å². The fourth-order valence-corrected chi connectivity index (χ4v) is 4.35. The van der Waals surface area contributed by atoms with Crippen molar-refractivity contribution in [2.24, 2.45) is 5.92 Å². The van der Waals surface area contributed by atoms with Crippen molar-refractivity contribution in [3.8, 4) is 5.75 Å². The van der Waals surface area contributed by atoms with E-state index in [1.165, 1.54) is 6.07 Å². The standard InChI is InChI=1S/C21H20ClF4N3O4S/c1-34(31,32)28-20(30)14-4-13(12-2-3-12)18(6-17(14)23)33-10-11-8-29(9-11)19-5-15(21(24,25)26)16(22)7-27-19/h4-7,11-12H,2-3,8-10H2,1H3,(H,28,30). The monoisotopic (exact) mass is 521 g/mol. The van der Waals surface area contributed by atoms with Gasteiger partial charge in [-0.1, -0.05) is 11.6 Å². The van der Waals surface area contributed by atoms with E-state index in [4.69, 9.17) is 16.3 Å². The first-order valence-corrected chi connectivity index (χ1v) is 12.5. The van der Waals surface area contributed by atoms with Crippen molar-refractivity contribution in [1.82, 2.24) is 9.71 Å². The smallest absolute Gasteiger partial charge is 0.418 e. The molecule has 7 nitrogen and oxygen atoms in total. The molecule has 2 heterocycles. The van der Waals surface area contributed by atoms with Crippen molar-refractivity contribution < 1.29 is 35.5 Å². The number of anilines is 1. The van der Waals surface area contributed by atoms with Gasteiger partial charge in [0, 0.05) is 31.3 Å². The Hall–Kier alpha value is -2.60. The molecule has 2 aromatic rings. The maximum absolute atomic E-state index is 14.6. The average molecular weight is 522 g/mol. The van der Waals surface area contributed by atoms with E-state index in [2.05, 4.69) is 4.98 Å². The van der Waals surface area contributed by atoms with E-state index in [0.717, 1.165) is 37.4 Å². The van der Waals surface area contributed by atoms with Gasteiger partial charge in [0.2, 0.25) is 10.0 Å². The number of nitrogens with one attached hydrogen (secondary N) is 1. The average Bonchev–Trinajstić information content (AvgIpc) is 3.50. The summed E-state index contributed by atoms with van der Waals surface area (Å²) < 4.78 is 83.9. The van der Waals surface area contributed by atoms with Crippen LogP contribution in [0.2, 0.25) is 5.02 Å². The number of nitrogens with zero attached hydrogens (tertiary/aromatic N) is 2. The highest BCUT2D eigenvalue weighted by Crippen LogP contribution is 2.45. The number of hydrogen-bond donors (Lipinski definition) is 1. The predicted molar refractivity (Wildman–Crippen MR) is 116 cm³/mol. The van der Waals surface area contributed by atoms with Crippen LogP contribution in [0, 0.1) is 11.7 Å². The minimum Gasteiger partial charge on any atom is -0.493 e. The maximum atomic E-state index is 14.6. The van der Waals surface area contributed by atoms with Crippen LogP contribution in [-0.4, -0.2) is 45.3 Å². The highest BCUT2D eigenvalue weighted by molar-refractivity contribution is 7.89. The summed E-state index contributed by atoms with van der Waals surface area (Å²) >= 11 is 5.61. The van der Waals surface area contributed by atoms with Crippen LogP contribution in [0.5, 0.6) is 5.75 Å². The van der Waals surface area contributed by atoms with Crippen LogP contribution in [0.15, 0.2) is 24.4 Å². The minimum atomic E-state index is -4.59. The number of pyridine rings is 1. The summed E-state index contributed by atoms with van der Waals surface area (Å²) in [5, 5.41) is -0.472. The lowest BCUT2D eigenvalue weighted by atomic mass is 10.0. The number of alkyl halides is 3. The van der Waals surface area contributed by atoms with Crippen LogP contribution in [-0.2, 0) is 16.2 Å². The van der Waals surface area contributed by atoms with Crippen LogP contribution in [0.3, 0.4) is 0 Å². The minimum absolute atomic E-state index is 0.0323. The highest BCUT2D eigenvalue weighted by atomic mass is 35.5. The van der Waals surface area contributed by atoms with Gasteiger partial charge in [-0.15, -0.1) is 0 Å². The molecule has 13 heteroatoms. The zero-order chi connectivity index (χ0) is 24.8. The van der Waals surface area contributed by atoms with Gasteiger partial charge >= 0.3 is 6.18 Å². The van der Waals surface area contributed by atoms with Gasteiger partial charge in [-0.05, 0) is 36.5 Å². The van der Waals surface area contributed by atoms with Crippen molar-refractivity contribution >= 4 is 33.3 Å². The maximum Gasteiger partial charge on any atom is 0.418 e. The second kappa shape index (κ2) is 8.88. The Bertz CT molecular complexity index is 1230. The van der Waals surface area contributed by atoms with Crippen molar-refractivity contribution in [3.05, 3.63) is 51.9 Å². The Kier molecular flexibility index (Phi) is 6.40. The van der Waals surface area contributed by atoms with E-state index >= 15 is 0 Å². The van der Waals surface area contributed by atoms with Gasteiger partial charge in [-0.25, -0.2) is 22.5 Å². The molecular formula is C21H20ClF4N3O4S. The number of aromatic nitrogens is 1. The van der Waals surface area contributed by atoms with Gasteiger partial charge in [0.25, 0.3) is 5.91 Å². The third-order valence-electron chi connectivity index (χ3n) is 5.54. The van der Waals surface area contributed by atoms with E-state index in [1.807, 2.05) is 0 Å². The lowest BCUT2D eigenvalue weighted by Crippen LogP contribution is -2.49. The number of sulfonamides is 1. The van der Waals surface area contributed by atoms with Gasteiger partial charge in [0.05, 0.1) is 29.0 Å². The predicted octanol–water partition coefficient (Wildman–Crippen LogP) is 3.97. The number of benzene rings is 1. The number of carbonyl (C=O) groups excluding carboxylic acids is 1. The van der Waals surface area contributed by atoms with Crippen LogP contribution >= 0.6 is 11.6 Å². The van der Waals surface area contributed by atoms with Gasteiger partial charge in [-0.2, -0.15) is 13.2 Å². The number of ether oxygens (including phenoxy) is 1. The molecule has 0 bridgehead atoms. The van der Waals surface area contributed by atoms with Gasteiger partial charge in [-0.3, -0.25) is 4.79 Å². The molecule has 4 rings (SSSR count). The number of hydrogen-bond acceptors (Lipinski definition) is 6. The molecule has 2 aliphatic rings. The van der Waals surface area contributed by atoms with Crippen LogP contribution < -0.4 is 14.4 Å². The molecule has 1 aliphatic carbocycles. The largest absolute Gasteiger partial charge is 0.493 e. The summed E-state index contributed by atoms with van der Waals surface area (Å²) in [6.45, 7) is 0.967. The van der Waals surface area contributed by atoms with E-state index in [9.17, 15) is 30.8 Å². The summed E-state index contributed by atoms with van der Waals surface area (Å²) in [5.74, 6) is -1.51. The zero-order valence-corrected chi connectivity index (χ0v) is 19.4. The molecule has 0 unspecified atom stereocenters. The zero-order valence-electron chi connectivity index (χ0n) is 17.8. The number of amides is 1. The Morgan fingerprint density at radius 3 is 2.53 bits per heavy atom.